The summed E-state index contributed by atoms with van der Waals surface area (Å²) in [5, 5.41) is 2.95. The maximum atomic E-state index is 12.8. The van der Waals surface area contributed by atoms with Crippen molar-refractivity contribution in [2.75, 3.05) is 19.0 Å². The van der Waals surface area contributed by atoms with Crippen LogP contribution in [0.5, 0.6) is 5.75 Å². The minimum atomic E-state index is -0.151. The van der Waals surface area contributed by atoms with Gasteiger partial charge in [-0.25, -0.2) is 4.79 Å². The Morgan fingerprint density at radius 3 is 2.41 bits per heavy atom. The predicted octanol–water partition coefficient (Wildman–Crippen LogP) is 4.37. The number of hydrogen-bond acceptors (Lipinski definition) is 3. The largest absolute Gasteiger partial charge is 0.497 e. The van der Waals surface area contributed by atoms with Gasteiger partial charge >= 0.3 is 6.03 Å². The van der Waals surface area contributed by atoms with Crippen molar-refractivity contribution in [1.29, 1.82) is 0 Å². The summed E-state index contributed by atoms with van der Waals surface area (Å²) in [7, 11) is 1.62. The van der Waals surface area contributed by atoms with E-state index in [4.69, 9.17) is 4.74 Å². The number of nitrogens with zero attached hydrogens (tertiary/aromatic N) is 2. The number of carbonyl (C=O) groups is 1. The van der Waals surface area contributed by atoms with Crippen LogP contribution in [0.25, 0.3) is 0 Å². The molecular formula is C22H23N3O2. The van der Waals surface area contributed by atoms with Crippen LogP contribution in [0.15, 0.2) is 79.0 Å². The molecule has 0 bridgehead atoms. The van der Waals surface area contributed by atoms with Gasteiger partial charge in [-0.1, -0.05) is 36.4 Å². The van der Waals surface area contributed by atoms with Crippen molar-refractivity contribution in [3.05, 3.63) is 90.3 Å². The van der Waals surface area contributed by atoms with Crippen LogP contribution in [-0.4, -0.2) is 29.6 Å². The van der Waals surface area contributed by atoms with E-state index in [0.717, 1.165) is 23.6 Å². The van der Waals surface area contributed by atoms with Gasteiger partial charge in [0.05, 0.1) is 19.3 Å². The fourth-order valence-electron chi connectivity index (χ4n) is 2.73. The van der Waals surface area contributed by atoms with Crippen LogP contribution in [0.3, 0.4) is 0 Å². The highest BCUT2D eigenvalue weighted by molar-refractivity contribution is 5.89. The van der Waals surface area contributed by atoms with E-state index in [0.29, 0.717) is 13.1 Å². The summed E-state index contributed by atoms with van der Waals surface area (Å²) in [4.78, 5) is 19.0. The van der Waals surface area contributed by atoms with Crippen LogP contribution in [-0.2, 0) is 13.0 Å². The van der Waals surface area contributed by atoms with Crippen molar-refractivity contribution in [2.45, 2.75) is 13.0 Å². The van der Waals surface area contributed by atoms with Crippen LogP contribution in [0.2, 0.25) is 0 Å². The molecule has 1 N–H and O–H groups in total. The molecule has 2 amide bonds. The van der Waals surface area contributed by atoms with Crippen molar-refractivity contribution in [2.24, 2.45) is 0 Å². The fourth-order valence-corrected chi connectivity index (χ4v) is 2.73. The fraction of sp³-hybridized carbons (Fsp3) is 0.182. The van der Waals surface area contributed by atoms with E-state index in [9.17, 15) is 4.79 Å². The number of nitrogens with one attached hydrogen (secondary N) is 1. The molecule has 0 atom stereocenters. The van der Waals surface area contributed by atoms with Crippen LogP contribution in [0, 0.1) is 0 Å². The molecule has 0 spiro atoms. The molecule has 0 saturated carbocycles. The minimum absolute atomic E-state index is 0.151. The molecule has 3 aromatic rings. The van der Waals surface area contributed by atoms with Gasteiger partial charge < -0.3 is 15.0 Å². The molecule has 0 unspecified atom stereocenters. The molecule has 0 aliphatic rings. The van der Waals surface area contributed by atoms with Crippen LogP contribution < -0.4 is 10.1 Å². The molecule has 2 aromatic carbocycles. The number of methoxy groups -OCH3 is 1. The second-order valence-electron chi connectivity index (χ2n) is 6.14. The highest BCUT2D eigenvalue weighted by atomic mass is 16.5. The third-order valence-corrected chi connectivity index (χ3v) is 4.22. The first-order valence-electron chi connectivity index (χ1n) is 8.88. The van der Waals surface area contributed by atoms with Crippen LogP contribution in [0.1, 0.15) is 11.3 Å². The van der Waals surface area contributed by atoms with E-state index in [1.165, 1.54) is 5.56 Å². The molecule has 1 aromatic heterocycles. The summed E-state index contributed by atoms with van der Waals surface area (Å²) in [5.41, 5.74) is 2.78. The number of pyridine rings is 1. The number of ether oxygens (including phenoxy) is 1. The highest BCUT2D eigenvalue weighted by Crippen LogP contribution is 2.16. The second kappa shape index (κ2) is 9.38. The number of anilines is 1. The lowest BCUT2D eigenvalue weighted by atomic mass is 10.1. The number of urea groups is 1. The molecule has 3 rings (SSSR count). The molecule has 0 aliphatic heterocycles. The molecule has 138 valence electrons. The Hall–Kier alpha value is -3.34. The molecule has 5 nitrogen and oxygen atoms in total. The van der Waals surface area contributed by atoms with Gasteiger partial charge in [0, 0.05) is 18.4 Å². The average Bonchev–Trinajstić information content (AvgIpc) is 2.73. The second-order valence-corrected chi connectivity index (χ2v) is 6.14. The summed E-state index contributed by atoms with van der Waals surface area (Å²) in [6.07, 6.45) is 2.52. The topological polar surface area (TPSA) is 54.5 Å². The number of rotatable bonds is 7. The number of carbonyl (C=O) groups excluding carboxylic acids is 1. The first kappa shape index (κ1) is 18.5. The van der Waals surface area contributed by atoms with Crippen molar-refractivity contribution < 1.29 is 9.53 Å². The number of benzene rings is 2. The highest BCUT2D eigenvalue weighted by Gasteiger charge is 2.15. The standard InChI is InChI=1S/C22H23N3O2/c1-27-21-12-10-19(11-13-21)24-22(26)25(17-20-9-5-6-15-23-20)16-14-18-7-3-2-4-8-18/h2-13,15H,14,16-17H2,1H3,(H,24,26). The molecule has 0 saturated heterocycles. The first-order valence-corrected chi connectivity index (χ1v) is 8.88. The van der Waals surface area contributed by atoms with Crippen molar-refractivity contribution >= 4 is 11.7 Å². The van der Waals surface area contributed by atoms with Gasteiger partial charge in [-0.15, -0.1) is 0 Å². The van der Waals surface area contributed by atoms with Gasteiger partial charge in [0.1, 0.15) is 5.75 Å². The Labute approximate surface area is 159 Å². The van der Waals surface area contributed by atoms with Crippen LogP contribution in [0.4, 0.5) is 10.5 Å². The van der Waals surface area contributed by atoms with Crippen molar-refractivity contribution in [1.82, 2.24) is 9.88 Å². The maximum absolute atomic E-state index is 12.8. The Bertz CT molecular complexity index is 836. The van der Waals surface area contributed by atoms with Crippen LogP contribution >= 0.6 is 0 Å². The van der Waals surface area contributed by atoms with E-state index in [2.05, 4.69) is 22.4 Å². The zero-order valence-corrected chi connectivity index (χ0v) is 15.3. The Morgan fingerprint density at radius 2 is 1.74 bits per heavy atom. The Morgan fingerprint density at radius 1 is 1.00 bits per heavy atom. The predicted molar refractivity (Wildman–Crippen MR) is 107 cm³/mol. The number of aromatic nitrogens is 1. The van der Waals surface area contributed by atoms with E-state index < -0.39 is 0 Å². The molecule has 5 heteroatoms. The summed E-state index contributed by atoms with van der Waals surface area (Å²) >= 11 is 0. The van der Waals surface area contributed by atoms with Gasteiger partial charge in [-0.2, -0.15) is 0 Å². The van der Waals surface area contributed by atoms with E-state index in [1.807, 2.05) is 60.7 Å². The SMILES string of the molecule is COc1ccc(NC(=O)N(CCc2ccccc2)Cc2ccccn2)cc1. The molecule has 0 radical (unpaired) electrons. The monoisotopic (exact) mass is 361 g/mol. The lowest BCUT2D eigenvalue weighted by molar-refractivity contribution is 0.209. The van der Waals surface area contributed by atoms with Gasteiger partial charge in [0.15, 0.2) is 0 Å². The van der Waals surface area contributed by atoms with Gasteiger partial charge in [0.25, 0.3) is 0 Å². The zero-order valence-electron chi connectivity index (χ0n) is 15.3. The summed E-state index contributed by atoms with van der Waals surface area (Å²) < 4.78 is 5.16. The molecule has 0 aliphatic carbocycles. The first-order chi connectivity index (χ1) is 13.2. The summed E-state index contributed by atoms with van der Waals surface area (Å²) in [5.74, 6) is 0.752. The summed E-state index contributed by atoms with van der Waals surface area (Å²) in [6.45, 7) is 1.05. The lowest BCUT2D eigenvalue weighted by Gasteiger charge is -2.23. The van der Waals surface area contributed by atoms with E-state index in [1.54, 1.807) is 18.2 Å². The van der Waals surface area contributed by atoms with Crippen molar-refractivity contribution in [3.63, 3.8) is 0 Å². The maximum Gasteiger partial charge on any atom is 0.322 e. The molecular weight excluding hydrogens is 338 g/mol. The van der Waals surface area contributed by atoms with Crippen molar-refractivity contribution in [3.8, 4) is 5.75 Å². The van der Waals surface area contributed by atoms with E-state index in [-0.39, 0.29) is 6.03 Å². The van der Waals surface area contributed by atoms with Gasteiger partial charge in [-0.3, -0.25) is 4.98 Å². The van der Waals surface area contributed by atoms with Gasteiger partial charge in [0.2, 0.25) is 0 Å². The third kappa shape index (κ3) is 5.57. The third-order valence-electron chi connectivity index (χ3n) is 4.22. The smallest absolute Gasteiger partial charge is 0.322 e. The van der Waals surface area contributed by atoms with Gasteiger partial charge in [-0.05, 0) is 48.4 Å². The molecule has 1 heterocycles. The quantitative estimate of drug-likeness (QED) is 0.680. The number of amides is 2. The molecule has 0 fully saturated rings. The number of hydrogen-bond donors (Lipinski definition) is 1. The average molecular weight is 361 g/mol. The Balaban J connectivity index is 1.69. The Kier molecular flexibility index (Phi) is 6.41. The zero-order chi connectivity index (χ0) is 18.9. The lowest BCUT2D eigenvalue weighted by Crippen LogP contribution is -2.36. The summed E-state index contributed by atoms with van der Waals surface area (Å²) in [6, 6.07) is 23.0. The van der Waals surface area contributed by atoms with E-state index >= 15 is 0 Å². The minimum Gasteiger partial charge on any atom is -0.497 e. The molecule has 27 heavy (non-hydrogen) atoms. The normalized spacial score (nSPS) is 10.3.